The predicted molar refractivity (Wildman–Crippen MR) is 47.0 cm³/mol. The van der Waals surface area contributed by atoms with Gasteiger partial charge in [0, 0.05) is 18.3 Å². The quantitative estimate of drug-likeness (QED) is 0.579. The van der Waals surface area contributed by atoms with Gasteiger partial charge in [-0.2, -0.15) is 0 Å². The van der Waals surface area contributed by atoms with E-state index in [9.17, 15) is 5.11 Å². The number of aromatic nitrogens is 1. The van der Waals surface area contributed by atoms with Gasteiger partial charge in [0.1, 0.15) is 6.10 Å². The highest BCUT2D eigenvalue weighted by atomic mass is 16.4. The molecule has 0 amide bonds. The molecule has 0 aliphatic carbocycles. The standard InChI is InChI=1S/C9H13NO3/c11-6-9(13)8(12)5-7-3-1-2-4-10-7/h1-4,8-9,11-13H,5-6H2/t8-,9+/m0/s1. The number of hydrogen-bond donors (Lipinski definition) is 3. The average Bonchev–Trinajstić information content (AvgIpc) is 2.18. The third-order valence-electron chi connectivity index (χ3n) is 1.78. The van der Waals surface area contributed by atoms with Crippen LogP contribution >= 0.6 is 0 Å². The second-order valence-electron chi connectivity index (χ2n) is 2.84. The summed E-state index contributed by atoms with van der Waals surface area (Å²) in [6, 6.07) is 5.34. The van der Waals surface area contributed by atoms with E-state index in [0.717, 1.165) is 0 Å². The summed E-state index contributed by atoms with van der Waals surface area (Å²) in [4.78, 5) is 3.98. The summed E-state index contributed by atoms with van der Waals surface area (Å²) in [5, 5.41) is 26.9. The van der Waals surface area contributed by atoms with Crippen LogP contribution in [0.2, 0.25) is 0 Å². The number of pyridine rings is 1. The molecule has 13 heavy (non-hydrogen) atoms. The lowest BCUT2D eigenvalue weighted by molar-refractivity contribution is -0.0136. The van der Waals surface area contributed by atoms with Gasteiger partial charge >= 0.3 is 0 Å². The maximum absolute atomic E-state index is 9.32. The van der Waals surface area contributed by atoms with Crippen molar-refractivity contribution in [2.24, 2.45) is 0 Å². The fourth-order valence-corrected chi connectivity index (χ4v) is 0.991. The van der Waals surface area contributed by atoms with Gasteiger partial charge in [-0.3, -0.25) is 4.98 Å². The van der Waals surface area contributed by atoms with Crippen molar-refractivity contribution in [2.45, 2.75) is 18.6 Å². The third-order valence-corrected chi connectivity index (χ3v) is 1.78. The van der Waals surface area contributed by atoms with E-state index < -0.39 is 18.8 Å². The zero-order valence-electron chi connectivity index (χ0n) is 7.17. The molecular weight excluding hydrogens is 170 g/mol. The van der Waals surface area contributed by atoms with Crippen molar-refractivity contribution < 1.29 is 15.3 Å². The summed E-state index contributed by atoms with van der Waals surface area (Å²) in [6.45, 7) is -0.437. The van der Waals surface area contributed by atoms with Crippen LogP contribution in [0.5, 0.6) is 0 Å². The maximum atomic E-state index is 9.32. The molecule has 1 aromatic heterocycles. The Morgan fingerprint density at radius 3 is 2.54 bits per heavy atom. The minimum atomic E-state index is -1.10. The minimum Gasteiger partial charge on any atom is -0.394 e. The highest BCUT2D eigenvalue weighted by Crippen LogP contribution is 2.02. The number of aliphatic hydroxyl groups is 3. The number of aliphatic hydroxyl groups excluding tert-OH is 3. The highest BCUT2D eigenvalue weighted by molar-refractivity contribution is 5.04. The molecule has 3 N–H and O–H groups in total. The van der Waals surface area contributed by atoms with Crippen LogP contribution in [-0.4, -0.2) is 39.1 Å². The van der Waals surface area contributed by atoms with Crippen molar-refractivity contribution in [3.8, 4) is 0 Å². The second kappa shape index (κ2) is 4.91. The van der Waals surface area contributed by atoms with E-state index in [1.54, 1.807) is 24.4 Å². The molecule has 0 spiro atoms. The molecule has 0 aliphatic rings. The first-order chi connectivity index (χ1) is 6.24. The van der Waals surface area contributed by atoms with Gasteiger partial charge in [0.05, 0.1) is 12.7 Å². The fraction of sp³-hybridized carbons (Fsp3) is 0.444. The lowest BCUT2D eigenvalue weighted by Crippen LogP contribution is -2.31. The summed E-state index contributed by atoms with van der Waals surface area (Å²) in [6.07, 6.45) is -0.183. The Labute approximate surface area is 76.5 Å². The predicted octanol–water partition coefficient (Wildman–Crippen LogP) is -0.662. The van der Waals surface area contributed by atoms with Gasteiger partial charge in [0.2, 0.25) is 0 Å². The van der Waals surface area contributed by atoms with Gasteiger partial charge in [-0.1, -0.05) is 6.07 Å². The van der Waals surface area contributed by atoms with Gasteiger partial charge in [-0.25, -0.2) is 0 Å². The van der Waals surface area contributed by atoms with E-state index in [4.69, 9.17) is 10.2 Å². The Kier molecular flexibility index (Phi) is 3.82. The lowest BCUT2D eigenvalue weighted by atomic mass is 10.1. The fourth-order valence-electron chi connectivity index (χ4n) is 0.991. The van der Waals surface area contributed by atoms with Crippen molar-refractivity contribution in [3.05, 3.63) is 30.1 Å². The monoisotopic (exact) mass is 183 g/mol. The molecule has 72 valence electrons. The van der Waals surface area contributed by atoms with Crippen molar-refractivity contribution in [1.82, 2.24) is 4.98 Å². The molecule has 0 aromatic carbocycles. The summed E-state index contributed by atoms with van der Waals surface area (Å²) >= 11 is 0. The van der Waals surface area contributed by atoms with Gasteiger partial charge < -0.3 is 15.3 Å². The molecular formula is C9H13NO3. The highest BCUT2D eigenvalue weighted by Gasteiger charge is 2.15. The first-order valence-corrected chi connectivity index (χ1v) is 4.11. The van der Waals surface area contributed by atoms with Crippen molar-refractivity contribution in [1.29, 1.82) is 0 Å². The molecule has 1 aromatic rings. The van der Waals surface area contributed by atoms with Gasteiger partial charge in [0.15, 0.2) is 0 Å². The van der Waals surface area contributed by atoms with Crippen LogP contribution in [0.4, 0.5) is 0 Å². The smallest absolute Gasteiger partial charge is 0.103 e. The molecule has 0 unspecified atom stereocenters. The van der Waals surface area contributed by atoms with E-state index in [2.05, 4.69) is 4.98 Å². The van der Waals surface area contributed by atoms with E-state index in [1.165, 1.54) is 0 Å². The molecule has 4 nitrogen and oxygen atoms in total. The second-order valence-corrected chi connectivity index (χ2v) is 2.84. The molecule has 4 heteroatoms. The van der Waals surface area contributed by atoms with Crippen LogP contribution in [0.25, 0.3) is 0 Å². The topological polar surface area (TPSA) is 73.6 Å². The Balaban J connectivity index is 2.50. The molecule has 0 aliphatic heterocycles. The maximum Gasteiger partial charge on any atom is 0.103 e. The average molecular weight is 183 g/mol. The van der Waals surface area contributed by atoms with E-state index in [1.807, 2.05) is 0 Å². The number of hydrogen-bond acceptors (Lipinski definition) is 4. The third kappa shape index (κ3) is 3.10. The van der Waals surface area contributed by atoms with Crippen molar-refractivity contribution in [2.75, 3.05) is 6.61 Å². The molecule has 1 heterocycles. The van der Waals surface area contributed by atoms with Crippen molar-refractivity contribution in [3.63, 3.8) is 0 Å². The zero-order chi connectivity index (χ0) is 9.68. The zero-order valence-corrected chi connectivity index (χ0v) is 7.17. The molecule has 2 atom stereocenters. The largest absolute Gasteiger partial charge is 0.394 e. The van der Waals surface area contributed by atoms with Crippen LogP contribution < -0.4 is 0 Å². The molecule has 0 saturated heterocycles. The van der Waals surface area contributed by atoms with Crippen LogP contribution in [0, 0.1) is 0 Å². The SMILES string of the molecule is OC[C@@H](O)[C@@H](O)Cc1ccccn1. The first-order valence-electron chi connectivity index (χ1n) is 4.11. The Bertz CT molecular complexity index is 240. The van der Waals surface area contributed by atoms with Crippen LogP contribution in [0.1, 0.15) is 5.69 Å². The summed E-state index contributed by atoms with van der Waals surface area (Å²) in [7, 11) is 0. The normalized spacial score (nSPS) is 15.3. The molecule has 0 bridgehead atoms. The Morgan fingerprint density at radius 2 is 2.00 bits per heavy atom. The van der Waals surface area contributed by atoms with Gasteiger partial charge in [0.25, 0.3) is 0 Å². The van der Waals surface area contributed by atoms with E-state index >= 15 is 0 Å². The molecule has 0 saturated carbocycles. The van der Waals surface area contributed by atoms with E-state index in [0.29, 0.717) is 5.69 Å². The van der Waals surface area contributed by atoms with E-state index in [-0.39, 0.29) is 6.42 Å². The van der Waals surface area contributed by atoms with Crippen LogP contribution in [0.3, 0.4) is 0 Å². The van der Waals surface area contributed by atoms with Crippen LogP contribution in [-0.2, 0) is 6.42 Å². The minimum absolute atomic E-state index is 0.253. The number of rotatable bonds is 4. The first kappa shape index (κ1) is 10.1. The van der Waals surface area contributed by atoms with Gasteiger partial charge in [-0.15, -0.1) is 0 Å². The number of nitrogens with zero attached hydrogens (tertiary/aromatic N) is 1. The van der Waals surface area contributed by atoms with Crippen LogP contribution in [0.15, 0.2) is 24.4 Å². The Hall–Kier alpha value is -0.970. The van der Waals surface area contributed by atoms with Crippen molar-refractivity contribution >= 4 is 0 Å². The molecule has 1 rings (SSSR count). The molecule has 0 fully saturated rings. The summed E-state index contributed by atoms with van der Waals surface area (Å²) in [5.74, 6) is 0. The lowest BCUT2D eigenvalue weighted by Gasteiger charge is -2.14. The summed E-state index contributed by atoms with van der Waals surface area (Å²) < 4.78 is 0. The Morgan fingerprint density at radius 1 is 1.23 bits per heavy atom. The summed E-state index contributed by atoms with van der Waals surface area (Å²) in [5.41, 5.74) is 0.697. The molecule has 0 radical (unpaired) electrons. The van der Waals surface area contributed by atoms with Gasteiger partial charge in [-0.05, 0) is 12.1 Å².